The molecule has 0 atom stereocenters. The molecule has 1 aliphatic heterocycles. The van der Waals surface area contributed by atoms with Crippen molar-refractivity contribution in [3.63, 3.8) is 0 Å². The third-order valence-electron chi connectivity index (χ3n) is 1.04. The Kier molecular flexibility index (Phi) is 2.24. The van der Waals surface area contributed by atoms with Gasteiger partial charge < -0.3 is 4.31 Å². The molecule has 0 amide bonds. The zero-order chi connectivity index (χ0) is 5.82. The van der Waals surface area contributed by atoms with Crippen molar-refractivity contribution in [2.75, 3.05) is 19.5 Å². The molecule has 8 heavy (non-hydrogen) atoms. The average Bonchev–Trinajstić information content (AvgIpc) is 1.90. The van der Waals surface area contributed by atoms with Gasteiger partial charge in [0.05, 0.1) is 6.67 Å². The van der Waals surface area contributed by atoms with Crippen molar-refractivity contribution < 1.29 is 0 Å². The first-order valence-electron chi connectivity index (χ1n) is 2.61. The molecule has 0 saturated heterocycles. The first-order valence-corrected chi connectivity index (χ1v) is 3.80. The van der Waals surface area contributed by atoms with Gasteiger partial charge >= 0.3 is 0 Å². The first-order chi connectivity index (χ1) is 3.93. The van der Waals surface area contributed by atoms with Gasteiger partial charge in [-0.25, -0.2) is 0 Å². The van der Waals surface area contributed by atoms with Crippen LogP contribution in [0.5, 0.6) is 0 Å². The Morgan fingerprint density at radius 1 is 1.75 bits per heavy atom. The van der Waals surface area contributed by atoms with Crippen LogP contribution in [0, 0.1) is 0 Å². The Morgan fingerprint density at radius 2 is 2.62 bits per heavy atom. The highest BCUT2D eigenvalue weighted by Gasteiger charge is 1.97. The Balaban J connectivity index is 2.32. The van der Waals surface area contributed by atoms with E-state index >= 15 is 0 Å². The summed E-state index contributed by atoms with van der Waals surface area (Å²) in [5, 5.41) is 3.20. The molecule has 1 N–H and O–H groups in total. The van der Waals surface area contributed by atoms with E-state index in [0.29, 0.717) is 0 Å². The monoisotopic (exact) mass is 130 g/mol. The SMILES string of the molecule is CSN1C=CCNC1. The highest BCUT2D eigenvalue weighted by atomic mass is 32.2. The number of hydrogen-bond acceptors (Lipinski definition) is 3. The second-order valence-corrected chi connectivity index (χ2v) is 2.43. The van der Waals surface area contributed by atoms with Crippen molar-refractivity contribution >= 4 is 11.9 Å². The molecule has 1 rings (SSSR count). The lowest BCUT2D eigenvalue weighted by atomic mass is 10.5. The second-order valence-electron chi connectivity index (χ2n) is 1.60. The molecule has 0 aliphatic carbocycles. The maximum absolute atomic E-state index is 3.20. The first kappa shape index (κ1) is 5.98. The molecule has 0 aromatic carbocycles. The van der Waals surface area contributed by atoms with Gasteiger partial charge in [0.2, 0.25) is 0 Å². The summed E-state index contributed by atoms with van der Waals surface area (Å²) in [4.78, 5) is 0. The molecule has 0 aromatic heterocycles. The van der Waals surface area contributed by atoms with Gasteiger partial charge in [0.15, 0.2) is 0 Å². The van der Waals surface area contributed by atoms with Crippen LogP contribution in [0.15, 0.2) is 12.3 Å². The van der Waals surface area contributed by atoms with Crippen LogP contribution < -0.4 is 5.32 Å². The average molecular weight is 130 g/mol. The van der Waals surface area contributed by atoms with Crippen LogP contribution >= 0.6 is 11.9 Å². The van der Waals surface area contributed by atoms with Gasteiger partial charge in [0.1, 0.15) is 0 Å². The van der Waals surface area contributed by atoms with Crippen LogP contribution in [0.1, 0.15) is 0 Å². The highest BCUT2D eigenvalue weighted by Crippen LogP contribution is 2.04. The smallest absolute Gasteiger partial charge is 0.0786 e. The summed E-state index contributed by atoms with van der Waals surface area (Å²) in [6.07, 6.45) is 6.28. The molecule has 46 valence electrons. The van der Waals surface area contributed by atoms with Crippen molar-refractivity contribution in [3.05, 3.63) is 12.3 Å². The van der Waals surface area contributed by atoms with E-state index in [0.717, 1.165) is 13.2 Å². The Bertz CT molecular complexity index is 92.4. The largest absolute Gasteiger partial charge is 0.310 e. The Morgan fingerprint density at radius 3 is 3.00 bits per heavy atom. The summed E-state index contributed by atoms with van der Waals surface area (Å²) >= 11 is 1.73. The molecule has 1 aliphatic rings. The van der Waals surface area contributed by atoms with Gasteiger partial charge in [-0.3, -0.25) is 5.32 Å². The van der Waals surface area contributed by atoms with E-state index in [2.05, 4.69) is 28.2 Å². The molecular weight excluding hydrogens is 120 g/mol. The van der Waals surface area contributed by atoms with Crippen LogP contribution in [0.4, 0.5) is 0 Å². The fourth-order valence-corrected chi connectivity index (χ4v) is 1.03. The lowest BCUT2D eigenvalue weighted by molar-refractivity contribution is 0.522. The van der Waals surface area contributed by atoms with E-state index in [-0.39, 0.29) is 0 Å². The number of nitrogens with zero attached hydrogens (tertiary/aromatic N) is 1. The fourth-order valence-electron chi connectivity index (χ4n) is 0.606. The van der Waals surface area contributed by atoms with Gasteiger partial charge in [0, 0.05) is 19.0 Å². The number of rotatable bonds is 1. The van der Waals surface area contributed by atoms with Gasteiger partial charge in [-0.2, -0.15) is 0 Å². The molecule has 0 bridgehead atoms. The Labute approximate surface area is 54.1 Å². The fraction of sp³-hybridized carbons (Fsp3) is 0.600. The van der Waals surface area contributed by atoms with E-state index in [1.807, 2.05) is 0 Å². The third kappa shape index (κ3) is 1.42. The molecule has 0 radical (unpaired) electrons. The van der Waals surface area contributed by atoms with E-state index in [1.54, 1.807) is 11.9 Å². The standard InChI is InChI=1S/C5H10N2S/c1-8-7-4-2-3-6-5-7/h2,4,6H,3,5H2,1H3. The molecule has 0 fully saturated rings. The lowest BCUT2D eigenvalue weighted by Gasteiger charge is -2.20. The molecule has 0 aromatic rings. The number of nitrogens with one attached hydrogen (secondary N) is 1. The minimum Gasteiger partial charge on any atom is -0.310 e. The van der Waals surface area contributed by atoms with E-state index in [1.165, 1.54) is 0 Å². The summed E-state index contributed by atoms with van der Waals surface area (Å²) < 4.78 is 2.14. The minimum absolute atomic E-state index is 0.970. The topological polar surface area (TPSA) is 15.3 Å². The normalized spacial score (nSPS) is 19.4. The van der Waals surface area contributed by atoms with Crippen LogP contribution in [-0.4, -0.2) is 23.8 Å². The summed E-state index contributed by atoms with van der Waals surface area (Å²) in [5.41, 5.74) is 0. The van der Waals surface area contributed by atoms with Crippen LogP contribution in [0.3, 0.4) is 0 Å². The second kappa shape index (κ2) is 2.99. The van der Waals surface area contributed by atoms with Crippen LogP contribution in [0.2, 0.25) is 0 Å². The maximum Gasteiger partial charge on any atom is 0.0786 e. The molecule has 3 heteroatoms. The van der Waals surface area contributed by atoms with Gasteiger partial charge in [-0.1, -0.05) is 18.0 Å². The zero-order valence-electron chi connectivity index (χ0n) is 4.92. The van der Waals surface area contributed by atoms with Gasteiger partial charge in [-0.05, 0) is 0 Å². The van der Waals surface area contributed by atoms with Gasteiger partial charge in [-0.15, -0.1) is 0 Å². The van der Waals surface area contributed by atoms with Crippen LogP contribution in [0.25, 0.3) is 0 Å². The predicted octanol–water partition coefficient (Wildman–Crippen LogP) is 0.641. The number of hydrogen-bond donors (Lipinski definition) is 1. The molecular formula is C5H10N2S. The lowest BCUT2D eigenvalue weighted by Crippen LogP contribution is -2.29. The van der Waals surface area contributed by atoms with Gasteiger partial charge in [0.25, 0.3) is 0 Å². The predicted molar refractivity (Wildman–Crippen MR) is 37.4 cm³/mol. The highest BCUT2D eigenvalue weighted by molar-refractivity contribution is 7.96. The molecule has 1 heterocycles. The summed E-state index contributed by atoms with van der Waals surface area (Å²) in [6, 6.07) is 0. The zero-order valence-corrected chi connectivity index (χ0v) is 5.74. The molecule has 0 unspecified atom stereocenters. The van der Waals surface area contributed by atoms with Crippen LogP contribution in [-0.2, 0) is 0 Å². The molecule has 0 spiro atoms. The Hall–Kier alpha value is -0.150. The summed E-state index contributed by atoms with van der Waals surface area (Å²) in [5.74, 6) is 0. The van der Waals surface area contributed by atoms with Crippen molar-refractivity contribution in [2.45, 2.75) is 0 Å². The quantitative estimate of drug-likeness (QED) is 0.524. The minimum atomic E-state index is 0.970. The summed E-state index contributed by atoms with van der Waals surface area (Å²) in [6.45, 7) is 1.98. The van der Waals surface area contributed by atoms with Crippen molar-refractivity contribution in [3.8, 4) is 0 Å². The van der Waals surface area contributed by atoms with Crippen molar-refractivity contribution in [2.24, 2.45) is 0 Å². The molecule has 0 saturated carbocycles. The van der Waals surface area contributed by atoms with Crippen molar-refractivity contribution in [1.29, 1.82) is 0 Å². The molecule has 2 nitrogen and oxygen atoms in total. The summed E-state index contributed by atoms with van der Waals surface area (Å²) in [7, 11) is 0. The van der Waals surface area contributed by atoms with E-state index < -0.39 is 0 Å². The van der Waals surface area contributed by atoms with E-state index in [4.69, 9.17) is 0 Å². The van der Waals surface area contributed by atoms with E-state index in [9.17, 15) is 0 Å². The maximum atomic E-state index is 3.20. The third-order valence-corrected chi connectivity index (χ3v) is 1.76. The van der Waals surface area contributed by atoms with Crippen molar-refractivity contribution in [1.82, 2.24) is 9.62 Å².